The van der Waals surface area contributed by atoms with Gasteiger partial charge in [0.2, 0.25) is 5.91 Å². The molecule has 1 amide bonds. The van der Waals surface area contributed by atoms with Gasteiger partial charge in [0.25, 0.3) is 0 Å². The first-order valence-electron chi connectivity index (χ1n) is 10.2. The number of fused-ring (bicyclic) bond motifs is 1. The van der Waals surface area contributed by atoms with Crippen molar-refractivity contribution < 1.29 is 9.90 Å². The third-order valence-corrected chi connectivity index (χ3v) is 5.67. The molecule has 0 spiro atoms. The summed E-state index contributed by atoms with van der Waals surface area (Å²) in [5.41, 5.74) is 0.751. The summed E-state index contributed by atoms with van der Waals surface area (Å²) in [6, 6.07) is 15.1. The fraction of sp³-hybridized carbons (Fsp3) is 0.458. The van der Waals surface area contributed by atoms with Crippen molar-refractivity contribution in [3.8, 4) is 0 Å². The SMILES string of the molecule is C[C@@H](NC/C=C/C(C)(C)C(=O)N1CCC(O)CC1)c1cccc2ccccc12. The van der Waals surface area contributed by atoms with Crippen molar-refractivity contribution in [1.29, 1.82) is 0 Å². The number of likely N-dealkylation sites (tertiary alicyclic amines) is 1. The van der Waals surface area contributed by atoms with Gasteiger partial charge in [-0.25, -0.2) is 0 Å². The number of hydrogen-bond acceptors (Lipinski definition) is 3. The molecule has 0 bridgehead atoms. The van der Waals surface area contributed by atoms with E-state index in [-0.39, 0.29) is 18.1 Å². The fourth-order valence-corrected chi connectivity index (χ4v) is 3.88. The predicted octanol–water partition coefficient (Wildman–Crippen LogP) is 4.06. The number of carbonyl (C=O) groups excluding carboxylic acids is 1. The molecule has 1 heterocycles. The number of aliphatic hydroxyl groups excluding tert-OH is 1. The van der Waals surface area contributed by atoms with Crippen molar-refractivity contribution in [2.75, 3.05) is 19.6 Å². The van der Waals surface area contributed by atoms with Gasteiger partial charge in [0, 0.05) is 25.7 Å². The normalized spacial score (nSPS) is 17.4. The number of aliphatic hydroxyl groups is 1. The predicted molar refractivity (Wildman–Crippen MR) is 115 cm³/mol. The second kappa shape index (κ2) is 8.89. The van der Waals surface area contributed by atoms with Crippen LogP contribution in [0.2, 0.25) is 0 Å². The summed E-state index contributed by atoms with van der Waals surface area (Å²) in [4.78, 5) is 14.7. The van der Waals surface area contributed by atoms with E-state index in [4.69, 9.17) is 0 Å². The van der Waals surface area contributed by atoms with Gasteiger partial charge in [0.15, 0.2) is 0 Å². The molecule has 0 unspecified atom stereocenters. The van der Waals surface area contributed by atoms with Gasteiger partial charge in [-0.2, -0.15) is 0 Å². The van der Waals surface area contributed by atoms with Crippen LogP contribution in [0.25, 0.3) is 10.8 Å². The number of nitrogens with one attached hydrogen (secondary N) is 1. The maximum Gasteiger partial charge on any atom is 0.232 e. The molecule has 0 radical (unpaired) electrons. The van der Waals surface area contributed by atoms with Gasteiger partial charge in [0.1, 0.15) is 0 Å². The van der Waals surface area contributed by atoms with Crippen LogP contribution in [0.5, 0.6) is 0 Å². The zero-order valence-corrected chi connectivity index (χ0v) is 17.2. The van der Waals surface area contributed by atoms with Crippen LogP contribution >= 0.6 is 0 Å². The highest BCUT2D eigenvalue weighted by molar-refractivity contribution is 5.86. The maximum absolute atomic E-state index is 12.8. The lowest BCUT2D eigenvalue weighted by Crippen LogP contribution is -2.45. The molecule has 0 aliphatic carbocycles. The van der Waals surface area contributed by atoms with E-state index in [2.05, 4.69) is 60.8 Å². The summed E-state index contributed by atoms with van der Waals surface area (Å²) in [5, 5.41) is 15.7. The lowest BCUT2D eigenvalue weighted by atomic mass is 9.90. The van der Waals surface area contributed by atoms with Crippen LogP contribution < -0.4 is 5.32 Å². The van der Waals surface area contributed by atoms with Crippen LogP contribution in [0.4, 0.5) is 0 Å². The zero-order chi connectivity index (χ0) is 20.1. The first-order valence-corrected chi connectivity index (χ1v) is 10.2. The molecule has 4 nitrogen and oxygen atoms in total. The van der Waals surface area contributed by atoms with Gasteiger partial charge in [-0.15, -0.1) is 0 Å². The Labute approximate surface area is 168 Å². The average molecular weight is 381 g/mol. The molecule has 0 aromatic heterocycles. The zero-order valence-electron chi connectivity index (χ0n) is 17.2. The molecule has 1 atom stereocenters. The van der Waals surface area contributed by atoms with Crippen LogP contribution in [0.15, 0.2) is 54.6 Å². The van der Waals surface area contributed by atoms with E-state index in [9.17, 15) is 9.90 Å². The number of amides is 1. The second-order valence-corrected chi connectivity index (χ2v) is 8.35. The lowest BCUT2D eigenvalue weighted by Gasteiger charge is -2.34. The van der Waals surface area contributed by atoms with Crippen LogP contribution in [0, 0.1) is 5.41 Å². The van der Waals surface area contributed by atoms with Crippen LogP contribution in [0.1, 0.15) is 45.2 Å². The first kappa shape index (κ1) is 20.6. The van der Waals surface area contributed by atoms with Gasteiger partial charge in [0.05, 0.1) is 11.5 Å². The number of piperidine rings is 1. The third-order valence-electron chi connectivity index (χ3n) is 5.67. The highest BCUT2D eigenvalue weighted by Crippen LogP contribution is 2.25. The Kier molecular flexibility index (Phi) is 6.53. The molecule has 1 aliphatic rings. The van der Waals surface area contributed by atoms with Crippen LogP contribution in [0.3, 0.4) is 0 Å². The van der Waals surface area contributed by atoms with Crippen molar-refractivity contribution in [3.05, 3.63) is 60.2 Å². The highest BCUT2D eigenvalue weighted by Gasteiger charge is 2.31. The summed E-state index contributed by atoms with van der Waals surface area (Å²) in [7, 11) is 0. The number of nitrogens with zero attached hydrogens (tertiary/aromatic N) is 1. The monoisotopic (exact) mass is 380 g/mol. The van der Waals surface area contributed by atoms with Gasteiger partial charge in [-0.3, -0.25) is 4.79 Å². The van der Waals surface area contributed by atoms with E-state index < -0.39 is 5.41 Å². The van der Waals surface area contributed by atoms with Crippen molar-refractivity contribution in [1.82, 2.24) is 10.2 Å². The number of carbonyl (C=O) groups is 1. The summed E-state index contributed by atoms with van der Waals surface area (Å²) in [6.45, 7) is 8.10. The Balaban J connectivity index is 1.57. The molecular formula is C24H32N2O2. The van der Waals surface area contributed by atoms with E-state index in [0.717, 1.165) is 0 Å². The smallest absolute Gasteiger partial charge is 0.232 e. The number of benzene rings is 2. The molecule has 28 heavy (non-hydrogen) atoms. The molecule has 2 aromatic rings. The molecule has 2 aromatic carbocycles. The largest absolute Gasteiger partial charge is 0.393 e. The van der Waals surface area contributed by atoms with Crippen molar-refractivity contribution in [2.45, 2.75) is 45.8 Å². The van der Waals surface area contributed by atoms with Gasteiger partial charge >= 0.3 is 0 Å². The minimum absolute atomic E-state index is 0.137. The van der Waals surface area contributed by atoms with E-state index in [1.54, 1.807) is 0 Å². The molecule has 1 saturated heterocycles. The number of rotatable bonds is 6. The average Bonchev–Trinajstić information content (AvgIpc) is 2.70. The second-order valence-electron chi connectivity index (χ2n) is 8.35. The quantitative estimate of drug-likeness (QED) is 0.743. The molecule has 1 aliphatic heterocycles. The molecule has 4 heteroatoms. The Bertz CT molecular complexity index is 830. The standard InChI is InChI=1S/C24H32N2O2/c1-18(21-11-6-9-19-8-4-5-10-22(19)21)25-15-7-14-24(2,3)23(28)26-16-12-20(27)13-17-26/h4-11,14,18,20,25,27H,12-13,15-17H2,1-3H3/b14-7+/t18-/m1/s1. The summed E-state index contributed by atoms with van der Waals surface area (Å²) < 4.78 is 0. The molecule has 3 rings (SSSR count). The molecule has 150 valence electrons. The van der Waals surface area contributed by atoms with Crippen molar-refractivity contribution >= 4 is 16.7 Å². The van der Waals surface area contributed by atoms with Gasteiger partial charge < -0.3 is 15.3 Å². The lowest BCUT2D eigenvalue weighted by molar-refractivity contribution is -0.140. The minimum Gasteiger partial charge on any atom is -0.393 e. The summed E-state index contributed by atoms with van der Waals surface area (Å²) in [6.07, 6.45) is 5.15. The van der Waals surface area contributed by atoms with Crippen LogP contribution in [-0.4, -0.2) is 41.7 Å². The van der Waals surface area contributed by atoms with Gasteiger partial charge in [-0.05, 0) is 49.9 Å². The Hall–Kier alpha value is -2.17. The summed E-state index contributed by atoms with van der Waals surface area (Å²) >= 11 is 0. The maximum atomic E-state index is 12.8. The molecule has 0 saturated carbocycles. The highest BCUT2D eigenvalue weighted by atomic mass is 16.3. The molecule has 2 N–H and O–H groups in total. The van der Waals surface area contributed by atoms with E-state index >= 15 is 0 Å². The Morgan fingerprint density at radius 2 is 1.89 bits per heavy atom. The van der Waals surface area contributed by atoms with Crippen molar-refractivity contribution in [2.24, 2.45) is 5.41 Å². The Morgan fingerprint density at radius 1 is 1.21 bits per heavy atom. The Morgan fingerprint density at radius 3 is 2.64 bits per heavy atom. The number of hydrogen-bond donors (Lipinski definition) is 2. The van der Waals surface area contributed by atoms with E-state index in [1.165, 1.54) is 16.3 Å². The topological polar surface area (TPSA) is 52.6 Å². The van der Waals surface area contributed by atoms with Gasteiger partial charge in [-0.1, -0.05) is 54.6 Å². The fourth-order valence-electron chi connectivity index (χ4n) is 3.88. The van der Waals surface area contributed by atoms with E-state index in [0.29, 0.717) is 32.5 Å². The van der Waals surface area contributed by atoms with E-state index in [1.807, 2.05) is 24.8 Å². The minimum atomic E-state index is -0.535. The summed E-state index contributed by atoms with van der Waals surface area (Å²) in [5.74, 6) is 0.137. The third kappa shape index (κ3) is 4.81. The van der Waals surface area contributed by atoms with Crippen LogP contribution in [-0.2, 0) is 4.79 Å². The first-order chi connectivity index (χ1) is 13.4. The molecule has 1 fully saturated rings. The molecular weight excluding hydrogens is 348 g/mol. The van der Waals surface area contributed by atoms with Crippen molar-refractivity contribution in [3.63, 3.8) is 0 Å².